The Balaban J connectivity index is 2.24. The van der Waals surface area contributed by atoms with Crippen molar-refractivity contribution in [2.45, 2.75) is 24.3 Å². The zero-order chi connectivity index (χ0) is 17.0. The minimum absolute atomic E-state index is 0.0453. The topological polar surface area (TPSA) is 113 Å². The van der Waals surface area contributed by atoms with Crippen LogP contribution in [0.3, 0.4) is 0 Å². The highest BCUT2D eigenvalue weighted by Crippen LogP contribution is 2.23. The van der Waals surface area contributed by atoms with Crippen molar-refractivity contribution >= 4 is 27.6 Å². The van der Waals surface area contributed by atoms with E-state index in [0.717, 1.165) is 4.31 Å². The molecule has 1 aliphatic heterocycles. The smallest absolute Gasteiger partial charge is 0.305 e. The lowest BCUT2D eigenvalue weighted by atomic mass is 10.2. The molecule has 0 saturated carbocycles. The molecular weight excluding hydrogens is 324 g/mol. The summed E-state index contributed by atoms with van der Waals surface area (Å²) in [5, 5.41) is 11.5. The van der Waals surface area contributed by atoms with Crippen molar-refractivity contribution in [2.75, 3.05) is 25.1 Å². The lowest BCUT2D eigenvalue weighted by Gasteiger charge is -2.33. The van der Waals surface area contributed by atoms with Gasteiger partial charge in [-0.25, -0.2) is 8.42 Å². The van der Waals surface area contributed by atoms with Gasteiger partial charge in [0.15, 0.2) is 0 Å². The second-order valence-corrected chi connectivity index (χ2v) is 7.04. The molecule has 0 spiro atoms. The SMILES string of the molecule is CC(=O)Nc1ccc(S(=O)(=O)N2CCOCC2CC(=O)O)cc1. The van der Waals surface area contributed by atoms with Crippen LogP contribution in [-0.2, 0) is 24.3 Å². The maximum atomic E-state index is 12.7. The molecule has 0 bridgehead atoms. The summed E-state index contributed by atoms with van der Waals surface area (Å²) in [6, 6.07) is 5.00. The largest absolute Gasteiger partial charge is 0.481 e. The van der Waals surface area contributed by atoms with E-state index in [1.807, 2.05) is 0 Å². The quantitative estimate of drug-likeness (QED) is 0.806. The maximum Gasteiger partial charge on any atom is 0.305 e. The van der Waals surface area contributed by atoms with Gasteiger partial charge in [0, 0.05) is 19.2 Å². The van der Waals surface area contributed by atoms with Crippen LogP contribution < -0.4 is 5.32 Å². The van der Waals surface area contributed by atoms with Crippen LogP contribution >= 0.6 is 0 Å². The first-order chi connectivity index (χ1) is 10.8. The number of ether oxygens (including phenoxy) is 1. The van der Waals surface area contributed by atoms with Crippen molar-refractivity contribution in [3.63, 3.8) is 0 Å². The van der Waals surface area contributed by atoms with Gasteiger partial charge in [0.05, 0.1) is 30.6 Å². The van der Waals surface area contributed by atoms with E-state index in [9.17, 15) is 18.0 Å². The number of hydrogen-bond acceptors (Lipinski definition) is 5. The Morgan fingerprint density at radius 2 is 2.00 bits per heavy atom. The van der Waals surface area contributed by atoms with Crippen LogP contribution in [0.1, 0.15) is 13.3 Å². The molecule has 1 amide bonds. The first-order valence-corrected chi connectivity index (χ1v) is 8.44. The molecule has 0 aliphatic carbocycles. The fraction of sp³-hybridized carbons (Fsp3) is 0.429. The van der Waals surface area contributed by atoms with Gasteiger partial charge in [-0.15, -0.1) is 0 Å². The molecule has 0 aromatic heterocycles. The highest BCUT2D eigenvalue weighted by Gasteiger charge is 2.35. The number of anilines is 1. The van der Waals surface area contributed by atoms with E-state index in [2.05, 4.69) is 5.32 Å². The van der Waals surface area contributed by atoms with Crippen LogP contribution in [-0.4, -0.2) is 55.5 Å². The first-order valence-electron chi connectivity index (χ1n) is 7.00. The standard InChI is InChI=1S/C14H18N2O6S/c1-10(17)15-11-2-4-13(5-3-11)23(20,21)16-6-7-22-9-12(16)8-14(18)19/h2-5,12H,6-9H2,1H3,(H,15,17)(H,18,19). The van der Waals surface area contributed by atoms with E-state index < -0.39 is 22.0 Å². The number of sulfonamides is 1. The minimum Gasteiger partial charge on any atom is -0.481 e. The van der Waals surface area contributed by atoms with Crippen molar-refractivity contribution in [1.82, 2.24) is 4.31 Å². The minimum atomic E-state index is -3.82. The number of hydrogen-bond donors (Lipinski definition) is 2. The molecule has 8 nitrogen and oxygen atoms in total. The summed E-state index contributed by atoms with van der Waals surface area (Å²) in [5.41, 5.74) is 0.487. The van der Waals surface area contributed by atoms with Gasteiger partial charge < -0.3 is 15.2 Å². The van der Waals surface area contributed by atoms with E-state index in [4.69, 9.17) is 9.84 Å². The van der Waals surface area contributed by atoms with Crippen molar-refractivity contribution in [3.8, 4) is 0 Å². The number of carbonyl (C=O) groups excluding carboxylic acids is 1. The molecule has 126 valence electrons. The number of nitrogens with one attached hydrogen (secondary N) is 1. The van der Waals surface area contributed by atoms with E-state index in [1.165, 1.54) is 31.2 Å². The molecule has 9 heteroatoms. The highest BCUT2D eigenvalue weighted by atomic mass is 32.2. The maximum absolute atomic E-state index is 12.7. The van der Waals surface area contributed by atoms with Crippen molar-refractivity contribution in [1.29, 1.82) is 0 Å². The summed E-state index contributed by atoms with van der Waals surface area (Å²) in [4.78, 5) is 21.9. The molecule has 1 aromatic rings. The molecule has 1 unspecified atom stereocenters. The second-order valence-electron chi connectivity index (χ2n) is 5.15. The van der Waals surface area contributed by atoms with Gasteiger partial charge in [-0.05, 0) is 24.3 Å². The predicted octanol–water partition coefficient (Wildman–Crippen LogP) is 0.509. The number of nitrogens with zero attached hydrogens (tertiary/aromatic N) is 1. The zero-order valence-corrected chi connectivity index (χ0v) is 13.4. The van der Waals surface area contributed by atoms with Crippen molar-refractivity contribution in [3.05, 3.63) is 24.3 Å². The van der Waals surface area contributed by atoms with E-state index in [1.54, 1.807) is 0 Å². The lowest BCUT2D eigenvalue weighted by molar-refractivity contribution is -0.139. The third-order valence-electron chi connectivity index (χ3n) is 3.37. The van der Waals surface area contributed by atoms with E-state index in [-0.39, 0.29) is 37.0 Å². The third-order valence-corrected chi connectivity index (χ3v) is 5.33. The number of aliphatic carboxylic acids is 1. The average molecular weight is 342 g/mol. The molecule has 2 N–H and O–H groups in total. The second kappa shape index (κ2) is 7.07. The lowest BCUT2D eigenvalue weighted by Crippen LogP contribution is -2.49. The Morgan fingerprint density at radius 3 is 2.57 bits per heavy atom. The predicted molar refractivity (Wildman–Crippen MR) is 81.5 cm³/mol. The monoisotopic (exact) mass is 342 g/mol. The average Bonchev–Trinajstić information content (AvgIpc) is 2.47. The Labute approximate surface area is 134 Å². The van der Waals surface area contributed by atoms with Crippen LogP contribution in [0.2, 0.25) is 0 Å². The normalized spacial score (nSPS) is 19.3. The summed E-state index contributed by atoms with van der Waals surface area (Å²) in [5.74, 6) is -1.34. The summed E-state index contributed by atoms with van der Waals surface area (Å²) in [7, 11) is -3.82. The number of amides is 1. The fourth-order valence-corrected chi connectivity index (χ4v) is 3.96. The number of morpholine rings is 1. The number of carboxylic acids is 1. The van der Waals surface area contributed by atoms with Crippen molar-refractivity contribution in [2.24, 2.45) is 0 Å². The molecule has 23 heavy (non-hydrogen) atoms. The van der Waals surface area contributed by atoms with Gasteiger partial charge in [0.25, 0.3) is 0 Å². The van der Waals surface area contributed by atoms with E-state index in [0.29, 0.717) is 5.69 Å². The Kier molecular flexibility index (Phi) is 5.34. The third kappa shape index (κ3) is 4.27. The first kappa shape index (κ1) is 17.4. The molecule has 0 radical (unpaired) electrons. The van der Waals surface area contributed by atoms with Gasteiger partial charge in [0.2, 0.25) is 15.9 Å². The molecular formula is C14H18N2O6S. The zero-order valence-electron chi connectivity index (χ0n) is 12.6. The molecule has 1 heterocycles. The summed E-state index contributed by atoms with van der Waals surface area (Å²) < 4.78 is 31.8. The molecule has 1 aromatic carbocycles. The van der Waals surface area contributed by atoms with Crippen LogP contribution in [0.25, 0.3) is 0 Å². The highest BCUT2D eigenvalue weighted by molar-refractivity contribution is 7.89. The van der Waals surface area contributed by atoms with Gasteiger partial charge in [-0.2, -0.15) is 4.31 Å². The summed E-state index contributed by atoms with van der Waals surface area (Å²) in [6.45, 7) is 1.73. The van der Waals surface area contributed by atoms with E-state index >= 15 is 0 Å². The fourth-order valence-electron chi connectivity index (χ4n) is 2.37. The Hall–Kier alpha value is -1.97. The van der Waals surface area contributed by atoms with Crippen LogP contribution in [0.4, 0.5) is 5.69 Å². The molecule has 1 aliphatic rings. The number of benzene rings is 1. The summed E-state index contributed by atoms with van der Waals surface area (Å²) in [6.07, 6.45) is -0.316. The Bertz CT molecular complexity index is 686. The van der Waals surface area contributed by atoms with Gasteiger partial charge >= 0.3 is 5.97 Å². The molecule has 1 saturated heterocycles. The molecule has 1 fully saturated rings. The van der Waals surface area contributed by atoms with Crippen molar-refractivity contribution < 1.29 is 27.9 Å². The number of carboxylic acid groups (broad SMARTS) is 1. The molecule has 1 atom stereocenters. The van der Waals surface area contributed by atoms with Gasteiger partial charge in [-0.3, -0.25) is 9.59 Å². The van der Waals surface area contributed by atoms with Gasteiger partial charge in [-0.1, -0.05) is 0 Å². The number of carbonyl (C=O) groups is 2. The summed E-state index contributed by atoms with van der Waals surface area (Å²) >= 11 is 0. The number of rotatable bonds is 5. The van der Waals surface area contributed by atoms with Crippen LogP contribution in [0.5, 0.6) is 0 Å². The molecule has 2 rings (SSSR count). The van der Waals surface area contributed by atoms with Crippen LogP contribution in [0.15, 0.2) is 29.2 Å². The van der Waals surface area contributed by atoms with Crippen LogP contribution in [0, 0.1) is 0 Å². The Morgan fingerprint density at radius 1 is 1.35 bits per heavy atom. The van der Waals surface area contributed by atoms with Gasteiger partial charge in [0.1, 0.15) is 0 Å².